The third-order valence-corrected chi connectivity index (χ3v) is 2.78. The first-order valence-electron chi connectivity index (χ1n) is 1.66. The SMILES string of the molecule is O=C1CSSC1. The Kier molecular flexibility index (Phi) is 1.42. The number of carbonyl (C=O) groups excluding carboxylic acids is 1. The van der Waals surface area contributed by atoms with Crippen molar-refractivity contribution in [3.05, 3.63) is 0 Å². The highest BCUT2D eigenvalue weighted by atomic mass is 33.1. The van der Waals surface area contributed by atoms with Crippen LogP contribution >= 0.6 is 21.6 Å². The Hall–Kier alpha value is 0.370. The maximum atomic E-state index is 10.2. The molecule has 0 saturated carbocycles. The molecule has 1 nitrogen and oxygen atoms in total. The first kappa shape index (κ1) is 4.53. The summed E-state index contributed by atoms with van der Waals surface area (Å²) in [7, 11) is 3.30. The Balaban J connectivity index is 2.37. The van der Waals surface area contributed by atoms with Gasteiger partial charge in [-0.1, -0.05) is 21.6 Å². The summed E-state index contributed by atoms with van der Waals surface area (Å²) in [5, 5.41) is 0. The van der Waals surface area contributed by atoms with Gasteiger partial charge in [-0.15, -0.1) is 0 Å². The van der Waals surface area contributed by atoms with Crippen molar-refractivity contribution < 1.29 is 4.79 Å². The van der Waals surface area contributed by atoms with Gasteiger partial charge < -0.3 is 0 Å². The van der Waals surface area contributed by atoms with Crippen LogP contribution in [0.1, 0.15) is 0 Å². The van der Waals surface area contributed by atoms with Gasteiger partial charge in [0.15, 0.2) is 5.78 Å². The van der Waals surface area contributed by atoms with Crippen LogP contribution in [0.3, 0.4) is 0 Å². The van der Waals surface area contributed by atoms with E-state index in [1.54, 1.807) is 21.6 Å². The third-order valence-electron chi connectivity index (χ3n) is 0.523. The molecule has 0 amide bonds. The molecule has 0 aromatic heterocycles. The van der Waals surface area contributed by atoms with Crippen molar-refractivity contribution in [1.29, 1.82) is 0 Å². The van der Waals surface area contributed by atoms with Crippen LogP contribution in [0, 0.1) is 0 Å². The fraction of sp³-hybridized carbons (Fsp3) is 0.667. The summed E-state index contributed by atoms with van der Waals surface area (Å²) < 4.78 is 0. The fourth-order valence-corrected chi connectivity index (χ4v) is 2.31. The molecule has 0 aromatic carbocycles. The quantitative estimate of drug-likeness (QED) is 0.443. The van der Waals surface area contributed by atoms with E-state index >= 15 is 0 Å². The van der Waals surface area contributed by atoms with E-state index in [4.69, 9.17) is 0 Å². The van der Waals surface area contributed by atoms with Crippen molar-refractivity contribution in [1.82, 2.24) is 0 Å². The Labute approximate surface area is 44.3 Å². The molecule has 34 valence electrons. The van der Waals surface area contributed by atoms with Gasteiger partial charge in [0, 0.05) is 0 Å². The van der Waals surface area contributed by atoms with Crippen LogP contribution in [0.5, 0.6) is 0 Å². The molecule has 0 spiro atoms. The van der Waals surface area contributed by atoms with Crippen LogP contribution in [-0.4, -0.2) is 17.3 Å². The van der Waals surface area contributed by atoms with Crippen molar-refractivity contribution in [2.45, 2.75) is 0 Å². The maximum Gasteiger partial charge on any atom is 0.154 e. The van der Waals surface area contributed by atoms with Gasteiger partial charge in [0.05, 0.1) is 11.5 Å². The van der Waals surface area contributed by atoms with Gasteiger partial charge >= 0.3 is 0 Å². The molecule has 0 aliphatic carbocycles. The number of Topliss-reactive ketones (excluding diaryl/α,β-unsaturated/α-hetero) is 1. The van der Waals surface area contributed by atoms with E-state index in [-0.39, 0.29) is 0 Å². The molecule has 0 bridgehead atoms. The normalized spacial score (nSPS) is 22.3. The zero-order valence-corrected chi connectivity index (χ0v) is 4.77. The van der Waals surface area contributed by atoms with Crippen LogP contribution < -0.4 is 0 Å². The lowest BCUT2D eigenvalue weighted by atomic mass is 10.5. The minimum atomic E-state index is 0.380. The van der Waals surface area contributed by atoms with E-state index in [1.807, 2.05) is 0 Å². The highest BCUT2D eigenvalue weighted by Crippen LogP contribution is 2.27. The molecule has 1 aliphatic rings. The number of hydrogen-bond donors (Lipinski definition) is 0. The van der Waals surface area contributed by atoms with E-state index < -0.39 is 0 Å². The minimum Gasteiger partial charge on any atom is -0.298 e. The van der Waals surface area contributed by atoms with Crippen LogP contribution in [0.15, 0.2) is 0 Å². The average molecular weight is 120 g/mol. The topological polar surface area (TPSA) is 17.1 Å². The summed E-state index contributed by atoms with van der Waals surface area (Å²) in [5.41, 5.74) is 0. The highest BCUT2D eigenvalue weighted by molar-refractivity contribution is 8.77. The van der Waals surface area contributed by atoms with Gasteiger partial charge in [-0.3, -0.25) is 4.79 Å². The molecule has 1 heterocycles. The third kappa shape index (κ3) is 0.914. The summed E-state index contributed by atoms with van der Waals surface area (Å²) in [6.45, 7) is 0. The largest absolute Gasteiger partial charge is 0.298 e. The predicted octanol–water partition coefficient (Wildman–Crippen LogP) is 0.951. The molecule has 1 rings (SSSR count). The monoisotopic (exact) mass is 120 g/mol. The Bertz CT molecular complexity index is 63.2. The second kappa shape index (κ2) is 1.89. The molecule has 1 aliphatic heterocycles. The number of hydrogen-bond acceptors (Lipinski definition) is 3. The summed E-state index contributed by atoms with van der Waals surface area (Å²) >= 11 is 0. The Morgan fingerprint density at radius 1 is 1.33 bits per heavy atom. The van der Waals surface area contributed by atoms with Crippen LogP contribution in [-0.2, 0) is 4.79 Å². The van der Waals surface area contributed by atoms with E-state index in [0.29, 0.717) is 5.78 Å². The zero-order valence-electron chi connectivity index (χ0n) is 3.14. The van der Waals surface area contributed by atoms with Crippen molar-refractivity contribution in [2.75, 3.05) is 11.5 Å². The van der Waals surface area contributed by atoms with Crippen LogP contribution in [0.2, 0.25) is 0 Å². The highest BCUT2D eigenvalue weighted by Gasteiger charge is 2.09. The molecule has 1 saturated heterocycles. The van der Waals surface area contributed by atoms with Gasteiger partial charge in [0.1, 0.15) is 0 Å². The number of ketones is 1. The molecule has 0 N–H and O–H groups in total. The predicted molar refractivity (Wildman–Crippen MR) is 29.9 cm³/mol. The van der Waals surface area contributed by atoms with Crippen LogP contribution in [0.4, 0.5) is 0 Å². The lowest BCUT2D eigenvalue weighted by Crippen LogP contribution is -1.93. The molecular formula is C3H4OS2. The molecule has 0 aromatic rings. The Morgan fingerprint density at radius 3 is 2.00 bits per heavy atom. The smallest absolute Gasteiger partial charge is 0.154 e. The van der Waals surface area contributed by atoms with Gasteiger partial charge in [-0.25, -0.2) is 0 Å². The maximum absolute atomic E-state index is 10.2. The van der Waals surface area contributed by atoms with E-state index in [1.165, 1.54) is 0 Å². The summed E-state index contributed by atoms with van der Waals surface area (Å²) in [6.07, 6.45) is 0. The molecule has 6 heavy (non-hydrogen) atoms. The first-order chi connectivity index (χ1) is 2.89. The lowest BCUT2D eigenvalue weighted by molar-refractivity contribution is -0.114. The summed E-state index contributed by atoms with van der Waals surface area (Å²) in [4.78, 5) is 10.2. The van der Waals surface area contributed by atoms with Crippen molar-refractivity contribution >= 4 is 27.4 Å². The second-order valence-corrected chi connectivity index (χ2v) is 3.53. The standard InChI is InChI=1S/C3H4OS2/c4-3-1-5-6-2-3/h1-2H2. The molecule has 0 atom stereocenters. The van der Waals surface area contributed by atoms with E-state index in [9.17, 15) is 4.79 Å². The van der Waals surface area contributed by atoms with Gasteiger partial charge in [-0.05, 0) is 0 Å². The summed E-state index contributed by atoms with van der Waals surface area (Å²) in [5.74, 6) is 1.83. The van der Waals surface area contributed by atoms with Gasteiger partial charge in [0.25, 0.3) is 0 Å². The zero-order chi connectivity index (χ0) is 4.41. The number of carbonyl (C=O) groups is 1. The minimum absolute atomic E-state index is 0.380. The van der Waals surface area contributed by atoms with Crippen molar-refractivity contribution in [2.24, 2.45) is 0 Å². The molecule has 1 fully saturated rings. The van der Waals surface area contributed by atoms with E-state index in [0.717, 1.165) is 11.5 Å². The molecule has 0 radical (unpaired) electrons. The van der Waals surface area contributed by atoms with Gasteiger partial charge in [0.2, 0.25) is 0 Å². The molecular weight excluding hydrogens is 116 g/mol. The average Bonchev–Trinajstić information content (AvgIpc) is 1.86. The molecule has 0 unspecified atom stereocenters. The summed E-state index contributed by atoms with van der Waals surface area (Å²) in [6, 6.07) is 0. The second-order valence-electron chi connectivity index (χ2n) is 1.06. The lowest BCUT2D eigenvalue weighted by Gasteiger charge is -1.68. The molecule has 3 heteroatoms. The van der Waals surface area contributed by atoms with Crippen molar-refractivity contribution in [3.8, 4) is 0 Å². The van der Waals surface area contributed by atoms with Gasteiger partial charge in [-0.2, -0.15) is 0 Å². The first-order valence-corrected chi connectivity index (χ1v) is 4.14. The fourth-order valence-electron chi connectivity index (χ4n) is 0.256. The number of rotatable bonds is 0. The Morgan fingerprint density at radius 2 is 1.83 bits per heavy atom. The van der Waals surface area contributed by atoms with Crippen molar-refractivity contribution in [3.63, 3.8) is 0 Å². The van der Waals surface area contributed by atoms with E-state index in [2.05, 4.69) is 0 Å². The van der Waals surface area contributed by atoms with Crippen LogP contribution in [0.25, 0.3) is 0 Å².